The molecule has 0 aromatic rings. The largest absolute Gasteiger partial charge is 0.469 e. The number of phosphoric acid groups is 1. The second kappa shape index (κ2) is 40.3. The van der Waals surface area contributed by atoms with Crippen molar-refractivity contribution in [3.8, 4) is 0 Å². The van der Waals surface area contributed by atoms with E-state index in [4.69, 9.17) is 24.4 Å². The van der Waals surface area contributed by atoms with E-state index in [2.05, 4.69) is 109 Å². The van der Waals surface area contributed by atoms with Gasteiger partial charge in [0.25, 0.3) is 0 Å². The molecule has 1 atom stereocenters. The molecule has 10 heteroatoms. The number of phosphoric ester groups is 1. The Balaban J connectivity index is 4.13. The summed E-state index contributed by atoms with van der Waals surface area (Å²) in [6.45, 7) is 1.49. The topological polar surface area (TPSA) is 140 Å². The van der Waals surface area contributed by atoms with Crippen molar-refractivity contribution in [2.24, 2.45) is 0 Å². The second-order valence-electron chi connectivity index (χ2n) is 12.9. The molecule has 0 saturated heterocycles. The molecule has 0 aliphatic rings. The maximum absolute atomic E-state index is 12.4. The van der Waals surface area contributed by atoms with Crippen molar-refractivity contribution in [3.05, 3.63) is 109 Å². The summed E-state index contributed by atoms with van der Waals surface area (Å²) in [4.78, 5) is 42.8. The molecule has 3 N–H and O–H groups in total. The van der Waals surface area contributed by atoms with E-state index in [0.29, 0.717) is 19.3 Å². The SMILES string of the molecule is CC/C=C\C/C=C\C/C=C\C/C=C\C/C=C\CCCCCC(=O)OC[C@H](COP(=O)(O)O)OC(=O)CCC/C=C\C/C=C\C/C=C\C/C=C\CCCCCO. The molecule has 0 aliphatic heterocycles. The van der Waals surface area contributed by atoms with Crippen LogP contribution in [0.5, 0.6) is 0 Å². The summed E-state index contributed by atoms with van der Waals surface area (Å²) in [5.74, 6) is -1.02. The van der Waals surface area contributed by atoms with Gasteiger partial charge in [-0.3, -0.25) is 14.1 Å². The third-order valence-electron chi connectivity index (χ3n) is 7.83. The maximum atomic E-state index is 12.4. The zero-order valence-electron chi connectivity index (χ0n) is 33.5. The van der Waals surface area contributed by atoms with Crippen LogP contribution < -0.4 is 0 Å². The highest BCUT2D eigenvalue weighted by Crippen LogP contribution is 2.35. The molecule has 0 radical (unpaired) electrons. The van der Waals surface area contributed by atoms with Crippen LogP contribution in [-0.4, -0.2) is 52.8 Å². The van der Waals surface area contributed by atoms with E-state index < -0.39 is 32.5 Å². The van der Waals surface area contributed by atoms with E-state index in [9.17, 15) is 14.2 Å². The summed E-state index contributed by atoms with van der Waals surface area (Å²) in [6, 6.07) is 0. The summed E-state index contributed by atoms with van der Waals surface area (Å²) >= 11 is 0. The molecule has 310 valence electrons. The van der Waals surface area contributed by atoms with Gasteiger partial charge >= 0.3 is 19.8 Å². The Kier molecular flexibility index (Phi) is 37.9. The first kappa shape index (κ1) is 51.7. The van der Waals surface area contributed by atoms with Crippen molar-refractivity contribution in [1.29, 1.82) is 0 Å². The molecule has 0 amide bonds. The zero-order chi connectivity index (χ0) is 40.3. The zero-order valence-corrected chi connectivity index (χ0v) is 34.4. The molecule has 0 fully saturated rings. The van der Waals surface area contributed by atoms with Crippen LogP contribution in [0.3, 0.4) is 0 Å². The molecule has 55 heavy (non-hydrogen) atoms. The highest BCUT2D eigenvalue weighted by molar-refractivity contribution is 7.46. The Morgan fingerprint density at radius 2 is 0.909 bits per heavy atom. The van der Waals surface area contributed by atoms with Gasteiger partial charge in [-0.25, -0.2) is 4.57 Å². The molecule has 0 aromatic carbocycles. The van der Waals surface area contributed by atoms with Gasteiger partial charge in [0.15, 0.2) is 6.10 Å². The van der Waals surface area contributed by atoms with E-state index in [0.717, 1.165) is 96.3 Å². The molecule has 0 bridgehead atoms. The van der Waals surface area contributed by atoms with Crippen LogP contribution in [0.4, 0.5) is 0 Å². The third kappa shape index (κ3) is 43.3. The number of aliphatic hydroxyl groups is 1. The second-order valence-corrected chi connectivity index (χ2v) is 14.2. The monoisotopic (exact) mass is 786 g/mol. The lowest BCUT2D eigenvalue weighted by Gasteiger charge is -2.18. The summed E-state index contributed by atoms with van der Waals surface area (Å²) in [5, 5.41) is 8.77. The van der Waals surface area contributed by atoms with Crippen LogP contribution >= 0.6 is 7.82 Å². The Labute approximate surface area is 332 Å². The highest BCUT2D eigenvalue weighted by Gasteiger charge is 2.22. The maximum Gasteiger partial charge on any atom is 0.469 e. The van der Waals surface area contributed by atoms with Crippen LogP contribution in [0.1, 0.15) is 135 Å². The average molecular weight is 787 g/mol. The lowest BCUT2D eigenvalue weighted by atomic mass is 10.1. The smallest absolute Gasteiger partial charge is 0.462 e. The van der Waals surface area contributed by atoms with Gasteiger partial charge in [0.2, 0.25) is 0 Å². The molecule has 0 heterocycles. The lowest BCUT2D eigenvalue weighted by Crippen LogP contribution is -2.29. The number of esters is 2. The first-order valence-electron chi connectivity index (χ1n) is 20.3. The van der Waals surface area contributed by atoms with E-state index in [1.165, 1.54) is 0 Å². The number of unbranched alkanes of at least 4 members (excludes halogenated alkanes) is 7. The van der Waals surface area contributed by atoms with Gasteiger partial charge in [-0.1, -0.05) is 129 Å². The number of ether oxygens (including phenoxy) is 2. The molecule has 0 spiro atoms. The Hall–Kier alpha value is -3.33. The molecule has 9 nitrogen and oxygen atoms in total. The van der Waals surface area contributed by atoms with Crippen molar-refractivity contribution < 1.29 is 43.0 Å². The standard InChI is InChI=1S/C45H71O9P/c1-2-3-4-5-6-7-8-9-10-11-12-14-17-20-23-26-29-32-35-38-44(47)52-41-43(42-53-55(49,50)51)54-45(48)39-36-33-30-27-24-21-18-15-13-16-19-22-25-28-31-34-37-40-46/h3-4,6-7,9-10,12-14,16,18,20-23,25,27,30,43,46H,2,5,8,11,15,17,19,24,26,28-29,31-42H2,1H3,(H2,49,50,51)/b4-3-,7-6-,10-9-,14-12-,16-13-,21-18-,23-20-,25-22-,30-27-/t43-/m1/s1. The van der Waals surface area contributed by atoms with Crippen LogP contribution in [0.25, 0.3) is 0 Å². The number of hydrogen-bond donors (Lipinski definition) is 3. The summed E-state index contributed by atoms with van der Waals surface area (Å²) < 4.78 is 26.3. The van der Waals surface area contributed by atoms with E-state index >= 15 is 0 Å². The van der Waals surface area contributed by atoms with E-state index in [1.807, 2.05) is 12.2 Å². The summed E-state index contributed by atoms with van der Waals surface area (Å²) in [7, 11) is -4.79. The first-order valence-corrected chi connectivity index (χ1v) is 21.8. The number of hydrogen-bond acceptors (Lipinski definition) is 7. The predicted octanol–water partition coefficient (Wildman–Crippen LogP) is 11.4. The highest BCUT2D eigenvalue weighted by atomic mass is 31.2. The fourth-order valence-electron chi connectivity index (χ4n) is 4.84. The molecular weight excluding hydrogens is 715 g/mol. The molecule has 0 aromatic heterocycles. The Bertz CT molecular complexity index is 1250. The van der Waals surface area contributed by atoms with Gasteiger partial charge in [-0.2, -0.15) is 0 Å². The van der Waals surface area contributed by atoms with Crippen molar-refractivity contribution in [2.75, 3.05) is 19.8 Å². The Morgan fingerprint density at radius 1 is 0.509 bits per heavy atom. The van der Waals surface area contributed by atoms with Crippen molar-refractivity contribution >= 4 is 19.8 Å². The number of carbonyl (C=O) groups excluding carboxylic acids is 2. The molecule has 0 saturated carbocycles. The van der Waals surface area contributed by atoms with Crippen LogP contribution in [0.2, 0.25) is 0 Å². The van der Waals surface area contributed by atoms with Crippen molar-refractivity contribution in [2.45, 2.75) is 141 Å². The van der Waals surface area contributed by atoms with E-state index in [-0.39, 0.29) is 26.1 Å². The Morgan fingerprint density at radius 3 is 1.35 bits per heavy atom. The number of allylic oxidation sites excluding steroid dienone is 18. The van der Waals surface area contributed by atoms with Gasteiger partial charge in [0.05, 0.1) is 6.61 Å². The van der Waals surface area contributed by atoms with Crippen LogP contribution in [-0.2, 0) is 28.2 Å². The minimum atomic E-state index is -4.79. The fraction of sp³-hybridized carbons (Fsp3) is 0.556. The summed E-state index contributed by atoms with van der Waals surface area (Å²) in [6.07, 6.45) is 54.0. The van der Waals surface area contributed by atoms with Gasteiger partial charge in [0.1, 0.15) is 6.61 Å². The fourth-order valence-corrected chi connectivity index (χ4v) is 5.20. The van der Waals surface area contributed by atoms with Gasteiger partial charge in [-0.15, -0.1) is 0 Å². The molecule has 0 aliphatic carbocycles. The number of rotatable bonds is 36. The predicted molar refractivity (Wildman–Crippen MR) is 226 cm³/mol. The third-order valence-corrected chi connectivity index (χ3v) is 8.32. The molecule has 0 unspecified atom stereocenters. The van der Waals surface area contributed by atoms with Gasteiger partial charge in [-0.05, 0) is 103 Å². The van der Waals surface area contributed by atoms with Gasteiger partial charge in [0, 0.05) is 19.4 Å². The van der Waals surface area contributed by atoms with Crippen molar-refractivity contribution in [3.63, 3.8) is 0 Å². The minimum Gasteiger partial charge on any atom is -0.462 e. The molecular formula is C45H71O9P. The van der Waals surface area contributed by atoms with Gasteiger partial charge < -0.3 is 24.4 Å². The van der Waals surface area contributed by atoms with E-state index in [1.54, 1.807) is 0 Å². The average Bonchev–Trinajstić information content (AvgIpc) is 3.16. The summed E-state index contributed by atoms with van der Waals surface area (Å²) in [5.41, 5.74) is 0. The number of carbonyl (C=O) groups is 2. The quantitative estimate of drug-likeness (QED) is 0.0245. The molecule has 0 rings (SSSR count). The number of aliphatic hydroxyl groups excluding tert-OH is 1. The van der Waals surface area contributed by atoms with Crippen LogP contribution in [0.15, 0.2) is 109 Å². The van der Waals surface area contributed by atoms with Crippen molar-refractivity contribution in [1.82, 2.24) is 0 Å². The lowest BCUT2D eigenvalue weighted by molar-refractivity contribution is -0.161. The van der Waals surface area contributed by atoms with Crippen LogP contribution in [0, 0.1) is 0 Å². The minimum absolute atomic E-state index is 0.111. The first-order chi connectivity index (χ1) is 26.8. The normalized spacial score (nSPS) is 13.6.